The first-order chi connectivity index (χ1) is 37.2. The van der Waals surface area contributed by atoms with E-state index in [-0.39, 0.29) is 0 Å². The molecule has 0 atom stereocenters. The van der Waals surface area contributed by atoms with Crippen molar-refractivity contribution in [3.63, 3.8) is 0 Å². The molecule has 1 aliphatic heterocycles. The van der Waals surface area contributed by atoms with Crippen molar-refractivity contribution in [2.24, 2.45) is 16.8 Å². The van der Waals surface area contributed by atoms with E-state index in [1.807, 2.05) is 279 Å². The minimum atomic E-state index is 0.877. The molecule has 0 bridgehead atoms. The van der Waals surface area contributed by atoms with Gasteiger partial charge in [-0.1, -0.05) is 82.2 Å². The van der Waals surface area contributed by atoms with Crippen LogP contribution in [0.25, 0.3) is 11.0 Å². The molecule has 2 saturated carbocycles. The zero-order chi connectivity index (χ0) is 53.0. The highest BCUT2D eigenvalue weighted by Crippen LogP contribution is 2.28. The van der Waals surface area contributed by atoms with E-state index in [2.05, 4.69) is 51.8 Å². The molecule has 0 radical (unpaired) electrons. The Morgan fingerprint density at radius 1 is 0.413 bits per heavy atom. The Bertz CT molecular complexity index is 4240. The number of fused-ring (bicyclic) bond motifs is 2. The van der Waals surface area contributed by atoms with E-state index in [0.29, 0.717) is 0 Å². The Labute approximate surface area is 569 Å². The van der Waals surface area contributed by atoms with Crippen LogP contribution in [0, 0.1) is 11.8 Å². The number of aromatic nitrogens is 2. The van der Waals surface area contributed by atoms with Crippen LogP contribution in [0.4, 0.5) is 5.69 Å². The summed E-state index contributed by atoms with van der Waals surface area (Å²) in [7, 11) is 74.7. The quantitative estimate of drug-likeness (QED) is 0.270. The van der Waals surface area contributed by atoms with Crippen LogP contribution in [-0.4, -0.2) is 15.8 Å². The van der Waals surface area contributed by atoms with Crippen LogP contribution in [0.5, 0.6) is 0 Å². The van der Waals surface area contributed by atoms with E-state index in [1.165, 1.54) is 86.6 Å². The molecule has 1 aromatic heterocycles. The molecule has 3 nitrogen and oxygen atoms in total. The molecule has 2 aromatic carbocycles. The summed E-state index contributed by atoms with van der Waals surface area (Å²) in [5.41, 5.74) is 4.88. The Hall–Kier alpha value is 7.26. The lowest BCUT2D eigenvalue weighted by molar-refractivity contribution is 0.464. The number of nitrogens with zero attached hydrogens (tertiary/aromatic N) is 3. The van der Waals surface area contributed by atoms with Gasteiger partial charge in [0.25, 0.3) is 0 Å². The molecule has 3 aliphatic rings. The zero-order valence-corrected chi connectivity index (χ0v) is 72.9. The van der Waals surface area contributed by atoms with Gasteiger partial charge in [-0.25, -0.2) is 4.98 Å². The number of imidazole rings is 1. The van der Waals surface area contributed by atoms with E-state index in [4.69, 9.17) is 22.4 Å². The minimum absolute atomic E-state index is 0.877. The van der Waals surface area contributed by atoms with Gasteiger partial charge < -0.3 is 4.57 Å². The lowest BCUT2D eigenvalue weighted by atomic mass is 10.1. The van der Waals surface area contributed by atoms with Crippen molar-refractivity contribution in [2.75, 3.05) is 0 Å². The average molecular weight is 1830 g/mol. The fourth-order valence-electron chi connectivity index (χ4n) is 5.55. The SMILES string of the molecule is C1=Nc2ccccc2C1.CCC1CCCC1.S=S=S=S=S=S=S=S=S=S=S=S=S=S=S=S=S=S=S=S=S=S=S=S=S=S=S=S=S=S=S=S=S=S=S=S=S=S=S=S=S=S=S=S.c1ccc2c(c1)ncn2CC1CCCC1. The van der Waals surface area contributed by atoms with E-state index in [0.717, 1.165) is 36.0 Å². The van der Waals surface area contributed by atoms with Crippen molar-refractivity contribution in [1.29, 1.82) is 0 Å². The third kappa shape index (κ3) is 46.1. The topological polar surface area (TPSA) is 30.2 Å². The summed E-state index contributed by atoms with van der Waals surface area (Å²) >= 11 is 9.61. The fraction of sp³-hybridized carbons (Fsp3) is 0.500. The average Bonchev–Trinajstić information content (AvgIpc) is 4.31. The van der Waals surface area contributed by atoms with Gasteiger partial charge in [-0.3, -0.25) is 4.99 Å². The number of rotatable bonds is 3. The maximum absolute atomic E-state index is 4.81. The molecule has 75 heavy (non-hydrogen) atoms. The maximum atomic E-state index is 4.81. The Morgan fingerprint density at radius 2 is 0.733 bits per heavy atom. The highest BCUT2D eigenvalue weighted by Gasteiger charge is 2.16. The van der Waals surface area contributed by atoms with Gasteiger partial charge in [0, 0.05) is 415 Å². The summed E-state index contributed by atoms with van der Waals surface area (Å²) in [6.45, 7) is 3.45. The molecule has 2 aliphatic carbocycles. The summed E-state index contributed by atoms with van der Waals surface area (Å²) in [4.78, 5) is 8.60. The molecular formula is C28H37N3S44. The predicted molar refractivity (Wildman–Crippen MR) is 456 cm³/mol. The second-order valence-electron chi connectivity index (χ2n) is 12.1. The zero-order valence-electron chi connectivity index (χ0n) is 37.0. The van der Waals surface area contributed by atoms with Gasteiger partial charge >= 0.3 is 0 Å². The van der Waals surface area contributed by atoms with Crippen molar-refractivity contribution in [1.82, 2.24) is 9.55 Å². The van der Waals surface area contributed by atoms with E-state index in [1.54, 1.807) is 107 Å². The molecule has 2 heterocycles. The normalized spacial score (nSPS) is 11.9. The highest BCUT2D eigenvalue weighted by atomic mass is 33.5. The van der Waals surface area contributed by atoms with Gasteiger partial charge in [0.15, 0.2) is 0 Å². The molecule has 2 fully saturated rings. The largest absolute Gasteiger partial charge is 0.330 e. The third-order valence-corrected chi connectivity index (χ3v) is 99.3. The molecule has 0 N–H and O–H groups in total. The first-order valence-corrected chi connectivity index (χ1v) is 76.8. The van der Waals surface area contributed by atoms with Crippen molar-refractivity contribution in [3.8, 4) is 0 Å². The van der Waals surface area contributed by atoms with E-state index < -0.39 is 0 Å². The van der Waals surface area contributed by atoms with Gasteiger partial charge in [0.1, 0.15) is 0 Å². The Morgan fingerprint density at radius 3 is 1.07 bits per heavy atom. The molecule has 0 amide bonds. The molecule has 3 aromatic rings. The number of hydrogen-bond donors (Lipinski definition) is 0. The van der Waals surface area contributed by atoms with Gasteiger partial charge in [0.05, 0.1) is 23.0 Å². The van der Waals surface area contributed by atoms with Crippen LogP contribution >= 0.6 is 0 Å². The second kappa shape index (κ2) is 60.2. The van der Waals surface area contributed by atoms with Crippen LogP contribution in [0.3, 0.4) is 0 Å². The number of para-hydroxylation sites is 3. The minimum Gasteiger partial charge on any atom is -0.330 e. The molecule has 0 spiro atoms. The summed E-state index contributed by atoms with van der Waals surface area (Å²) in [6.07, 6.45) is 18.0. The van der Waals surface area contributed by atoms with E-state index >= 15 is 0 Å². The Kier molecular flexibility index (Phi) is 61.4. The van der Waals surface area contributed by atoms with Gasteiger partial charge in [-0.2, -0.15) is 0 Å². The van der Waals surface area contributed by atoms with Gasteiger partial charge in [-0.15, -0.1) is 0 Å². The van der Waals surface area contributed by atoms with Crippen LogP contribution in [-0.2, 0) is 408 Å². The standard InChI is InChI=1S/C13H16N2.C8H7N.C7H14.S44/c1-2-6-11(5-1)9-15-10-14-12-7-3-4-8-13(12)15;1-2-4-8-7(3-1)5-6-9-8;1-2-7-5-3-4-6-7;1-3-5-7-9-11-13-15-17-19-21-23-25-27-29-31-33-35-37-39-41-43-44-42-40-38-36-34-32-30-28-26-24-22-20-18-16-14-12-10-8-6-4-2/h3-4,7-8,10-11H,1-2,5-6,9H2;1-4,6H,5H2;7H,2-6H2,1H3;. The third-order valence-electron chi connectivity index (χ3n) is 8.18. The summed E-state index contributed by atoms with van der Waals surface area (Å²) in [6, 6.07) is 16.6. The number of aliphatic imine (C=N–C) groups is 1. The lowest BCUT2D eigenvalue weighted by Gasteiger charge is -2.10. The highest BCUT2D eigenvalue weighted by molar-refractivity contribution is 8.81. The summed E-state index contributed by atoms with van der Waals surface area (Å²) < 4.78 is 2.31. The van der Waals surface area contributed by atoms with Gasteiger partial charge in [0.2, 0.25) is 0 Å². The first kappa shape index (κ1) is 76.5. The number of hydrogen-bond acceptors (Lipinski definition) is 4. The van der Waals surface area contributed by atoms with Crippen LogP contribution < -0.4 is 0 Å². The molecule has 0 saturated heterocycles. The maximum Gasteiger partial charge on any atom is 0.0958 e. The van der Waals surface area contributed by atoms with Crippen molar-refractivity contribution in [3.05, 3.63) is 60.4 Å². The predicted octanol–water partition coefficient (Wildman–Crippen LogP) is 7.65. The van der Waals surface area contributed by atoms with Crippen molar-refractivity contribution >= 4 is 418 Å². The second-order valence-corrected chi connectivity index (χ2v) is 86.4. The molecule has 0 unspecified atom stereocenters. The lowest BCUT2D eigenvalue weighted by Crippen LogP contribution is -2.05. The monoisotopic (exact) mass is 1820 g/mol. The molecule has 6 rings (SSSR count). The van der Waals surface area contributed by atoms with Crippen molar-refractivity contribution in [2.45, 2.75) is 77.7 Å². The fourth-order valence-corrected chi connectivity index (χ4v) is 115. The van der Waals surface area contributed by atoms with Crippen LogP contribution in [0.2, 0.25) is 0 Å². The van der Waals surface area contributed by atoms with Crippen molar-refractivity contribution < 1.29 is 0 Å². The Balaban J connectivity index is 0.000000371. The van der Waals surface area contributed by atoms with Gasteiger partial charge in [-0.05, 0) is 48.4 Å². The van der Waals surface area contributed by atoms with E-state index in [9.17, 15) is 0 Å². The molecule has 428 valence electrons. The summed E-state index contributed by atoms with van der Waals surface area (Å²) in [5, 5.41) is 0. The first-order valence-electron chi connectivity index (χ1n) is 19.5. The number of benzene rings is 2. The van der Waals surface area contributed by atoms with Crippen LogP contribution in [0.15, 0.2) is 59.9 Å². The molecular weight excluding hydrogens is 1790 g/mol. The molecule has 47 heteroatoms. The summed E-state index contributed by atoms with van der Waals surface area (Å²) in [5.74, 6) is 1.97. The van der Waals surface area contributed by atoms with Crippen LogP contribution in [0.1, 0.15) is 70.3 Å². The smallest absolute Gasteiger partial charge is 0.0958 e.